The van der Waals surface area contributed by atoms with Gasteiger partial charge in [0.2, 0.25) is 0 Å². The molecule has 0 atom stereocenters. The van der Waals surface area contributed by atoms with E-state index in [1.54, 1.807) is 18.0 Å². The summed E-state index contributed by atoms with van der Waals surface area (Å²) in [5.74, 6) is 0. The zero-order valence-electron chi connectivity index (χ0n) is 6.16. The molecule has 1 rings (SSSR count). The summed E-state index contributed by atoms with van der Waals surface area (Å²) in [6.07, 6.45) is 5.71. The number of imidazole rings is 1. The normalized spacial score (nSPS) is 9.80. The maximum Gasteiger partial charge on any atom is 0.172 e. The minimum atomic E-state index is 0.993. The summed E-state index contributed by atoms with van der Waals surface area (Å²) < 4.78 is 1.92. The van der Waals surface area contributed by atoms with Crippen LogP contribution in [0.5, 0.6) is 0 Å². The van der Waals surface area contributed by atoms with Gasteiger partial charge >= 0.3 is 0 Å². The van der Waals surface area contributed by atoms with E-state index >= 15 is 0 Å². The van der Waals surface area contributed by atoms with Crippen molar-refractivity contribution in [1.29, 1.82) is 0 Å². The van der Waals surface area contributed by atoms with Crippen molar-refractivity contribution in [1.82, 2.24) is 9.55 Å². The lowest BCUT2D eigenvalue weighted by molar-refractivity contribution is 0.944. The minimum Gasteiger partial charge on any atom is -0.302 e. The van der Waals surface area contributed by atoms with Gasteiger partial charge in [-0.2, -0.15) is 0 Å². The van der Waals surface area contributed by atoms with Crippen LogP contribution in [-0.2, 0) is 0 Å². The van der Waals surface area contributed by atoms with E-state index in [9.17, 15) is 0 Å². The van der Waals surface area contributed by atoms with Crippen LogP contribution >= 0.6 is 11.8 Å². The Morgan fingerprint density at radius 2 is 2.50 bits per heavy atom. The largest absolute Gasteiger partial charge is 0.302 e. The van der Waals surface area contributed by atoms with Crippen molar-refractivity contribution in [2.75, 3.05) is 6.26 Å². The molecule has 0 N–H and O–H groups in total. The molecule has 0 aliphatic carbocycles. The number of hydrogen-bond acceptors (Lipinski definition) is 2. The number of aryl methyl sites for hydroxylation is 1. The third-order valence-corrected chi connectivity index (χ3v) is 1.87. The van der Waals surface area contributed by atoms with Crippen LogP contribution in [0.2, 0.25) is 0 Å². The Bertz CT molecular complexity index is 240. The molecule has 0 aliphatic heterocycles. The number of aromatic nitrogens is 2. The highest BCUT2D eigenvalue weighted by Crippen LogP contribution is 2.13. The molecule has 0 saturated heterocycles. The molecule has 3 heteroatoms. The molecule has 1 aromatic rings. The quantitative estimate of drug-likeness (QED) is 0.606. The Morgan fingerprint density at radius 3 is 2.90 bits per heavy atom. The van der Waals surface area contributed by atoms with Crippen molar-refractivity contribution < 1.29 is 0 Å². The van der Waals surface area contributed by atoms with E-state index in [0.29, 0.717) is 0 Å². The standard InChI is InChI=1S/C7H10N2S/c1-4-9-5-6(2)8-7(9)10-3/h4-5H,1H2,2-3H3. The van der Waals surface area contributed by atoms with E-state index in [4.69, 9.17) is 0 Å². The van der Waals surface area contributed by atoms with Crippen LogP contribution in [0.3, 0.4) is 0 Å². The summed E-state index contributed by atoms with van der Waals surface area (Å²) in [6.45, 7) is 5.63. The van der Waals surface area contributed by atoms with Crippen molar-refractivity contribution in [3.8, 4) is 0 Å². The van der Waals surface area contributed by atoms with Crippen molar-refractivity contribution in [3.63, 3.8) is 0 Å². The van der Waals surface area contributed by atoms with E-state index < -0.39 is 0 Å². The fourth-order valence-electron chi connectivity index (χ4n) is 0.776. The molecule has 0 aromatic carbocycles. The van der Waals surface area contributed by atoms with Gasteiger partial charge in [0, 0.05) is 12.4 Å². The SMILES string of the molecule is C=Cn1cc(C)nc1SC. The van der Waals surface area contributed by atoms with Gasteiger partial charge in [-0.3, -0.25) is 0 Å². The van der Waals surface area contributed by atoms with Gasteiger partial charge in [-0.1, -0.05) is 18.3 Å². The van der Waals surface area contributed by atoms with Gasteiger partial charge in [0.15, 0.2) is 5.16 Å². The summed E-state index contributed by atoms with van der Waals surface area (Å²) >= 11 is 1.62. The van der Waals surface area contributed by atoms with Crippen LogP contribution in [0, 0.1) is 6.92 Å². The Morgan fingerprint density at radius 1 is 1.80 bits per heavy atom. The smallest absolute Gasteiger partial charge is 0.172 e. The summed E-state index contributed by atoms with van der Waals surface area (Å²) in [4.78, 5) is 4.25. The van der Waals surface area contributed by atoms with E-state index in [1.807, 2.05) is 23.9 Å². The van der Waals surface area contributed by atoms with Gasteiger partial charge in [-0.25, -0.2) is 4.98 Å². The van der Waals surface area contributed by atoms with Crippen LogP contribution in [0.4, 0.5) is 0 Å². The van der Waals surface area contributed by atoms with Crippen molar-refractivity contribution in [2.45, 2.75) is 12.1 Å². The molecule has 54 valence electrons. The van der Waals surface area contributed by atoms with Crippen LogP contribution in [0.15, 0.2) is 17.9 Å². The van der Waals surface area contributed by atoms with Crippen LogP contribution in [0.25, 0.3) is 6.20 Å². The van der Waals surface area contributed by atoms with Crippen molar-refractivity contribution in [3.05, 3.63) is 18.5 Å². The van der Waals surface area contributed by atoms with Crippen LogP contribution in [-0.4, -0.2) is 15.8 Å². The van der Waals surface area contributed by atoms with E-state index in [-0.39, 0.29) is 0 Å². The lowest BCUT2D eigenvalue weighted by Crippen LogP contribution is -1.83. The van der Waals surface area contributed by atoms with Gasteiger partial charge in [0.1, 0.15) is 0 Å². The average molecular weight is 154 g/mol. The molecule has 10 heavy (non-hydrogen) atoms. The highest BCUT2D eigenvalue weighted by atomic mass is 32.2. The number of hydrogen-bond donors (Lipinski definition) is 0. The fraction of sp³-hybridized carbons (Fsp3) is 0.286. The van der Waals surface area contributed by atoms with Gasteiger partial charge in [0.25, 0.3) is 0 Å². The fourth-order valence-corrected chi connectivity index (χ4v) is 1.35. The molecule has 0 fully saturated rings. The Kier molecular flexibility index (Phi) is 2.17. The lowest BCUT2D eigenvalue weighted by atomic mass is 10.6. The van der Waals surface area contributed by atoms with E-state index in [2.05, 4.69) is 11.6 Å². The Balaban J connectivity index is 3.08. The van der Waals surface area contributed by atoms with Gasteiger partial charge in [-0.15, -0.1) is 0 Å². The molecule has 0 saturated carbocycles. The van der Waals surface area contributed by atoms with Gasteiger partial charge < -0.3 is 4.57 Å². The minimum absolute atomic E-state index is 0.993. The number of nitrogens with zero attached hydrogens (tertiary/aromatic N) is 2. The van der Waals surface area contributed by atoms with Crippen LogP contribution < -0.4 is 0 Å². The van der Waals surface area contributed by atoms with E-state index in [0.717, 1.165) is 10.9 Å². The summed E-state index contributed by atoms with van der Waals surface area (Å²) in [7, 11) is 0. The molecule has 2 nitrogen and oxygen atoms in total. The maximum absolute atomic E-state index is 4.25. The number of rotatable bonds is 2. The predicted molar refractivity (Wildman–Crippen MR) is 45.1 cm³/mol. The Hall–Kier alpha value is -0.700. The van der Waals surface area contributed by atoms with Crippen molar-refractivity contribution >= 4 is 18.0 Å². The molecular formula is C7H10N2S. The highest BCUT2D eigenvalue weighted by Gasteiger charge is 1.98. The molecule has 1 aromatic heterocycles. The first-order valence-corrected chi connectivity index (χ1v) is 4.22. The molecule has 0 amide bonds. The van der Waals surface area contributed by atoms with E-state index in [1.165, 1.54) is 0 Å². The first kappa shape index (κ1) is 7.41. The predicted octanol–water partition coefficient (Wildman–Crippen LogP) is 2.01. The average Bonchev–Trinajstić information content (AvgIpc) is 2.30. The second-order valence-corrected chi connectivity index (χ2v) is 2.73. The monoisotopic (exact) mass is 154 g/mol. The molecule has 1 heterocycles. The second-order valence-electron chi connectivity index (χ2n) is 1.96. The Labute approximate surface area is 65.0 Å². The molecule has 0 aliphatic rings. The summed E-state index contributed by atoms with van der Waals surface area (Å²) in [5.41, 5.74) is 1.03. The summed E-state index contributed by atoms with van der Waals surface area (Å²) in [6, 6.07) is 0. The van der Waals surface area contributed by atoms with Gasteiger partial charge in [-0.05, 0) is 13.2 Å². The first-order valence-electron chi connectivity index (χ1n) is 3.00. The first-order chi connectivity index (χ1) is 4.77. The molecule has 0 spiro atoms. The lowest BCUT2D eigenvalue weighted by Gasteiger charge is -1.93. The second kappa shape index (κ2) is 2.92. The molecule has 0 bridgehead atoms. The summed E-state index contributed by atoms with van der Waals surface area (Å²) in [5, 5.41) is 0.993. The molecular weight excluding hydrogens is 144 g/mol. The number of thioether (sulfide) groups is 1. The molecule has 0 radical (unpaired) electrons. The third-order valence-electron chi connectivity index (χ3n) is 1.20. The highest BCUT2D eigenvalue weighted by molar-refractivity contribution is 7.98. The molecule has 0 unspecified atom stereocenters. The van der Waals surface area contributed by atoms with Gasteiger partial charge in [0.05, 0.1) is 5.69 Å². The van der Waals surface area contributed by atoms with Crippen molar-refractivity contribution in [2.24, 2.45) is 0 Å². The zero-order valence-corrected chi connectivity index (χ0v) is 6.98. The van der Waals surface area contributed by atoms with Crippen LogP contribution in [0.1, 0.15) is 5.69 Å². The zero-order chi connectivity index (χ0) is 7.56. The maximum atomic E-state index is 4.25. The topological polar surface area (TPSA) is 17.8 Å². The third kappa shape index (κ3) is 1.24.